The first-order chi connectivity index (χ1) is 8.95. The largest absolute Gasteiger partial charge is 0.481 e. The Morgan fingerprint density at radius 1 is 1.32 bits per heavy atom. The summed E-state index contributed by atoms with van der Waals surface area (Å²) in [5.74, 6) is -3.80. The summed E-state index contributed by atoms with van der Waals surface area (Å²) in [5.41, 5.74) is 4.57. The highest BCUT2D eigenvalue weighted by molar-refractivity contribution is 5.81. The number of hydrogen-bond acceptors (Lipinski definition) is 4. The summed E-state index contributed by atoms with van der Waals surface area (Å²) in [6, 6.07) is 9.00. The van der Waals surface area contributed by atoms with Gasteiger partial charge in [0.05, 0.1) is 12.5 Å². The maximum atomic E-state index is 11.2. The average Bonchev–Trinajstić information content (AvgIpc) is 3.17. The van der Waals surface area contributed by atoms with Crippen LogP contribution in [-0.2, 0) is 20.9 Å². The van der Waals surface area contributed by atoms with Crippen LogP contribution in [0.4, 0.5) is 0 Å². The van der Waals surface area contributed by atoms with Crippen molar-refractivity contribution in [3.63, 3.8) is 0 Å². The van der Waals surface area contributed by atoms with Gasteiger partial charge in [-0.3, -0.25) is 10.5 Å². The normalized spacial score (nSPS) is 24.5. The van der Waals surface area contributed by atoms with Crippen LogP contribution in [0.25, 0.3) is 0 Å². The summed E-state index contributed by atoms with van der Waals surface area (Å²) in [5, 5.41) is 18.0. The molecule has 6 heteroatoms. The van der Waals surface area contributed by atoms with E-state index in [0.717, 1.165) is 5.56 Å². The Hall–Kier alpha value is -1.92. The summed E-state index contributed by atoms with van der Waals surface area (Å²) < 4.78 is 5.30. The molecule has 6 nitrogen and oxygen atoms in total. The van der Waals surface area contributed by atoms with Crippen molar-refractivity contribution in [1.82, 2.24) is 0 Å². The highest BCUT2D eigenvalue weighted by Crippen LogP contribution is 2.46. The minimum atomic E-state index is -1.95. The summed E-state index contributed by atoms with van der Waals surface area (Å²) >= 11 is 0. The van der Waals surface area contributed by atoms with Gasteiger partial charge in [0.15, 0.2) is 0 Å². The predicted octanol–water partition coefficient (Wildman–Crippen LogP) is 0.664. The van der Waals surface area contributed by atoms with Gasteiger partial charge in [0, 0.05) is 5.92 Å². The van der Waals surface area contributed by atoms with Crippen LogP contribution in [0.2, 0.25) is 0 Å². The van der Waals surface area contributed by atoms with Gasteiger partial charge in [-0.05, 0) is 12.0 Å². The van der Waals surface area contributed by atoms with Crippen molar-refractivity contribution in [3.05, 3.63) is 35.9 Å². The Morgan fingerprint density at radius 3 is 2.42 bits per heavy atom. The second-order valence-corrected chi connectivity index (χ2v) is 4.66. The van der Waals surface area contributed by atoms with Crippen LogP contribution in [0, 0.1) is 11.8 Å². The molecule has 1 fully saturated rings. The lowest BCUT2D eigenvalue weighted by atomic mass is 10.1. The number of carboxylic acid groups (broad SMARTS) is 2. The third-order valence-corrected chi connectivity index (χ3v) is 3.31. The van der Waals surface area contributed by atoms with Crippen LogP contribution in [-0.4, -0.2) is 27.9 Å². The topological polar surface area (TPSA) is 110 Å². The van der Waals surface area contributed by atoms with Crippen LogP contribution in [0.15, 0.2) is 30.3 Å². The number of hydrogen-bond donors (Lipinski definition) is 3. The van der Waals surface area contributed by atoms with Crippen molar-refractivity contribution >= 4 is 11.9 Å². The molecule has 19 heavy (non-hydrogen) atoms. The van der Waals surface area contributed by atoms with Gasteiger partial charge in [-0.25, -0.2) is 4.79 Å². The molecule has 0 radical (unpaired) electrons. The van der Waals surface area contributed by atoms with Gasteiger partial charge in [0.25, 0.3) is 0 Å². The zero-order chi connectivity index (χ0) is 14.0. The SMILES string of the molecule is NC(OCc1ccccc1)(C(=O)O)[C@H]1C[C@@H]1C(=O)O. The highest BCUT2D eigenvalue weighted by Gasteiger charge is 2.59. The third kappa shape index (κ3) is 2.74. The molecule has 0 saturated heterocycles. The Kier molecular flexibility index (Phi) is 3.55. The van der Waals surface area contributed by atoms with Crippen molar-refractivity contribution in [1.29, 1.82) is 0 Å². The van der Waals surface area contributed by atoms with Crippen LogP contribution in [0.3, 0.4) is 0 Å². The van der Waals surface area contributed by atoms with Crippen molar-refractivity contribution in [3.8, 4) is 0 Å². The lowest BCUT2D eigenvalue weighted by molar-refractivity contribution is -0.172. The van der Waals surface area contributed by atoms with E-state index in [2.05, 4.69) is 0 Å². The van der Waals surface area contributed by atoms with Crippen LogP contribution in [0.5, 0.6) is 0 Å². The minimum absolute atomic E-state index is 0.0342. The molecule has 0 heterocycles. The molecule has 0 amide bonds. The van der Waals surface area contributed by atoms with E-state index in [0.29, 0.717) is 0 Å². The first-order valence-corrected chi connectivity index (χ1v) is 5.88. The first-order valence-electron chi connectivity index (χ1n) is 5.88. The van der Waals surface area contributed by atoms with Crippen LogP contribution in [0.1, 0.15) is 12.0 Å². The second-order valence-electron chi connectivity index (χ2n) is 4.66. The molecule has 1 saturated carbocycles. The van der Waals surface area contributed by atoms with Gasteiger partial charge >= 0.3 is 11.9 Å². The number of rotatable bonds is 6. The summed E-state index contributed by atoms with van der Waals surface area (Å²) in [7, 11) is 0. The summed E-state index contributed by atoms with van der Waals surface area (Å²) in [6.07, 6.45) is 0.229. The molecule has 0 bridgehead atoms. The maximum absolute atomic E-state index is 11.2. The van der Waals surface area contributed by atoms with E-state index in [1.54, 1.807) is 24.3 Å². The molecule has 1 aliphatic carbocycles. The molecule has 4 N–H and O–H groups in total. The summed E-state index contributed by atoms with van der Waals surface area (Å²) in [4.78, 5) is 22.1. The fourth-order valence-corrected chi connectivity index (χ4v) is 2.05. The smallest absolute Gasteiger partial charge is 0.351 e. The van der Waals surface area contributed by atoms with Crippen molar-refractivity contribution < 1.29 is 24.5 Å². The molecule has 0 aliphatic heterocycles. The van der Waals surface area contributed by atoms with Crippen LogP contribution < -0.4 is 5.73 Å². The molecule has 102 valence electrons. The number of carbonyl (C=O) groups is 2. The fraction of sp³-hybridized carbons (Fsp3) is 0.385. The van der Waals surface area contributed by atoms with E-state index >= 15 is 0 Å². The molecule has 1 aliphatic rings. The molecule has 1 aromatic carbocycles. The number of aliphatic carboxylic acids is 2. The molecule has 0 aromatic heterocycles. The van der Waals surface area contributed by atoms with Gasteiger partial charge in [-0.1, -0.05) is 30.3 Å². The standard InChI is InChI=1S/C13H15NO5/c14-13(12(17)18,10-6-9(10)11(15)16)19-7-8-4-2-1-3-5-8/h1-5,9-10H,6-7,14H2,(H,15,16)(H,17,18)/t9-,10-,13?/m0/s1. The van der Waals surface area contributed by atoms with Crippen molar-refractivity contribution in [2.24, 2.45) is 17.6 Å². The lowest BCUT2D eigenvalue weighted by Crippen LogP contribution is -2.53. The molecule has 1 unspecified atom stereocenters. The first kappa shape index (κ1) is 13.5. The predicted molar refractivity (Wildman–Crippen MR) is 65.0 cm³/mol. The summed E-state index contributed by atoms with van der Waals surface area (Å²) in [6.45, 7) is 0.0342. The number of ether oxygens (including phenoxy) is 1. The van der Waals surface area contributed by atoms with Gasteiger partial charge in [-0.2, -0.15) is 0 Å². The third-order valence-electron chi connectivity index (χ3n) is 3.31. The van der Waals surface area contributed by atoms with Gasteiger partial charge in [0.1, 0.15) is 0 Å². The monoisotopic (exact) mass is 265 g/mol. The number of nitrogens with two attached hydrogens (primary N) is 1. The number of carboxylic acids is 2. The zero-order valence-corrected chi connectivity index (χ0v) is 10.2. The molecule has 3 atom stereocenters. The van der Waals surface area contributed by atoms with Gasteiger partial charge in [-0.15, -0.1) is 0 Å². The van der Waals surface area contributed by atoms with Gasteiger partial charge < -0.3 is 14.9 Å². The van der Waals surface area contributed by atoms with Crippen LogP contribution >= 0.6 is 0 Å². The zero-order valence-electron chi connectivity index (χ0n) is 10.2. The maximum Gasteiger partial charge on any atom is 0.351 e. The van der Waals surface area contributed by atoms with Crippen molar-refractivity contribution in [2.45, 2.75) is 18.8 Å². The van der Waals surface area contributed by atoms with Gasteiger partial charge in [0.2, 0.25) is 5.72 Å². The molecule has 2 rings (SSSR count). The van der Waals surface area contributed by atoms with E-state index in [9.17, 15) is 14.7 Å². The average molecular weight is 265 g/mol. The number of benzene rings is 1. The van der Waals surface area contributed by atoms with E-state index in [1.807, 2.05) is 6.07 Å². The molecular weight excluding hydrogens is 250 g/mol. The Labute approximate surface area is 109 Å². The Balaban J connectivity index is 2.05. The Morgan fingerprint density at radius 2 is 1.95 bits per heavy atom. The minimum Gasteiger partial charge on any atom is -0.481 e. The van der Waals surface area contributed by atoms with E-state index in [1.165, 1.54) is 0 Å². The second kappa shape index (κ2) is 4.99. The van der Waals surface area contributed by atoms with E-state index in [4.69, 9.17) is 15.6 Å². The van der Waals surface area contributed by atoms with Crippen molar-refractivity contribution in [2.75, 3.05) is 0 Å². The van der Waals surface area contributed by atoms with E-state index < -0.39 is 29.5 Å². The quantitative estimate of drug-likeness (QED) is 0.652. The fourth-order valence-electron chi connectivity index (χ4n) is 2.05. The van der Waals surface area contributed by atoms with E-state index in [-0.39, 0.29) is 13.0 Å². The lowest BCUT2D eigenvalue weighted by Gasteiger charge is -2.25. The molecule has 0 spiro atoms. The Bertz CT molecular complexity index is 489. The highest BCUT2D eigenvalue weighted by atomic mass is 16.5. The molecule has 1 aromatic rings. The molecular formula is C13H15NO5.